The number of aromatic nitrogens is 4. The van der Waals surface area contributed by atoms with Crippen molar-refractivity contribution in [2.75, 3.05) is 0 Å². The van der Waals surface area contributed by atoms with Crippen LogP contribution >= 0.6 is 11.5 Å². The van der Waals surface area contributed by atoms with E-state index in [1.165, 1.54) is 23.7 Å². The number of carboxylic acid groups (broad SMARTS) is 1. The molecule has 0 aliphatic rings. The number of rotatable bonds is 4. The van der Waals surface area contributed by atoms with Crippen LogP contribution in [-0.2, 0) is 6.42 Å². The maximum atomic E-state index is 10.8. The SMILES string of the molecule is CCc1nnsc1-c1nc(-c2ccc(C(=O)O)cc2)no1. The molecule has 0 bridgehead atoms. The fraction of sp³-hybridized carbons (Fsp3) is 0.154. The molecule has 8 heteroatoms. The molecule has 106 valence electrons. The van der Waals surface area contributed by atoms with Crippen LogP contribution < -0.4 is 0 Å². The largest absolute Gasteiger partial charge is 0.478 e. The van der Waals surface area contributed by atoms with E-state index >= 15 is 0 Å². The second-order valence-electron chi connectivity index (χ2n) is 4.21. The van der Waals surface area contributed by atoms with Crippen molar-refractivity contribution < 1.29 is 14.4 Å². The van der Waals surface area contributed by atoms with Gasteiger partial charge in [-0.05, 0) is 30.1 Å². The molecule has 0 amide bonds. The second kappa shape index (κ2) is 5.41. The van der Waals surface area contributed by atoms with E-state index in [9.17, 15) is 4.79 Å². The molecule has 21 heavy (non-hydrogen) atoms. The topological polar surface area (TPSA) is 102 Å². The maximum absolute atomic E-state index is 10.8. The monoisotopic (exact) mass is 302 g/mol. The number of aryl methyl sites for hydroxylation is 1. The van der Waals surface area contributed by atoms with Crippen molar-refractivity contribution in [1.82, 2.24) is 19.7 Å². The summed E-state index contributed by atoms with van der Waals surface area (Å²) in [6.45, 7) is 1.97. The third-order valence-electron chi connectivity index (χ3n) is 2.90. The van der Waals surface area contributed by atoms with Crippen LogP contribution in [0.2, 0.25) is 0 Å². The first-order valence-corrected chi connectivity index (χ1v) is 6.95. The number of hydrogen-bond acceptors (Lipinski definition) is 7. The summed E-state index contributed by atoms with van der Waals surface area (Å²) in [6.07, 6.45) is 0.733. The molecule has 0 atom stereocenters. The number of aromatic carboxylic acids is 1. The Bertz CT molecular complexity index is 779. The molecule has 0 radical (unpaired) electrons. The fourth-order valence-electron chi connectivity index (χ4n) is 1.80. The number of hydrogen-bond donors (Lipinski definition) is 1. The highest BCUT2D eigenvalue weighted by Gasteiger charge is 2.17. The van der Waals surface area contributed by atoms with Crippen molar-refractivity contribution >= 4 is 17.5 Å². The molecule has 1 N–H and O–H groups in total. The Labute approximate surface area is 123 Å². The van der Waals surface area contributed by atoms with E-state index in [0.29, 0.717) is 17.3 Å². The molecule has 3 aromatic rings. The highest BCUT2D eigenvalue weighted by Crippen LogP contribution is 2.27. The zero-order valence-electron chi connectivity index (χ0n) is 11.0. The van der Waals surface area contributed by atoms with Crippen molar-refractivity contribution in [3.63, 3.8) is 0 Å². The predicted molar refractivity (Wildman–Crippen MR) is 75.0 cm³/mol. The van der Waals surface area contributed by atoms with E-state index in [-0.39, 0.29) is 5.56 Å². The molecule has 2 aromatic heterocycles. The van der Waals surface area contributed by atoms with Crippen LogP contribution in [0.15, 0.2) is 28.8 Å². The number of nitrogens with zero attached hydrogens (tertiary/aromatic N) is 4. The highest BCUT2D eigenvalue weighted by molar-refractivity contribution is 7.09. The Morgan fingerprint density at radius 3 is 2.76 bits per heavy atom. The molecule has 0 spiro atoms. The standard InChI is InChI=1S/C13H10N4O3S/c1-2-9-10(21-17-15-9)12-14-11(16-20-12)7-3-5-8(6-4-7)13(18)19/h3-6H,2H2,1H3,(H,18,19). The number of benzene rings is 1. The summed E-state index contributed by atoms with van der Waals surface area (Å²) >= 11 is 1.21. The van der Waals surface area contributed by atoms with Crippen LogP contribution in [0.25, 0.3) is 22.2 Å². The predicted octanol–water partition coefficient (Wildman–Crippen LogP) is 2.52. The molecular formula is C13H10N4O3S. The van der Waals surface area contributed by atoms with Crippen LogP contribution in [0.3, 0.4) is 0 Å². The smallest absolute Gasteiger partial charge is 0.335 e. The summed E-state index contributed by atoms with van der Waals surface area (Å²) in [5, 5.41) is 16.8. The lowest BCUT2D eigenvalue weighted by molar-refractivity contribution is 0.0697. The van der Waals surface area contributed by atoms with Crippen molar-refractivity contribution in [3.05, 3.63) is 35.5 Å². The minimum atomic E-state index is -0.973. The van der Waals surface area contributed by atoms with Gasteiger partial charge in [-0.1, -0.05) is 28.7 Å². The van der Waals surface area contributed by atoms with Gasteiger partial charge in [0.05, 0.1) is 11.3 Å². The van der Waals surface area contributed by atoms with Crippen molar-refractivity contribution in [1.29, 1.82) is 0 Å². The van der Waals surface area contributed by atoms with E-state index < -0.39 is 5.97 Å². The zero-order valence-corrected chi connectivity index (χ0v) is 11.8. The van der Waals surface area contributed by atoms with Crippen molar-refractivity contribution in [3.8, 4) is 22.2 Å². The molecule has 3 rings (SSSR count). The van der Waals surface area contributed by atoms with Gasteiger partial charge >= 0.3 is 5.97 Å². The molecule has 0 fully saturated rings. The van der Waals surface area contributed by atoms with E-state index in [0.717, 1.165) is 17.0 Å². The fourth-order valence-corrected chi connectivity index (χ4v) is 2.47. The lowest BCUT2D eigenvalue weighted by atomic mass is 10.1. The summed E-state index contributed by atoms with van der Waals surface area (Å²) < 4.78 is 9.12. The van der Waals surface area contributed by atoms with E-state index in [2.05, 4.69) is 19.7 Å². The van der Waals surface area contributed by atoms with Gasteiger partial charge in [-0.25, -0.2) is 4.79 Å². The first-order valence-electron chi connectivity index (χ1n) is 6.18. The molecule has 1 aromatic carbocycles. The van der Waals surface area contributed by atoms with Gasteiger partial charge in [-0.3, -0.25) is 0 Å². The zero-order chi connectivity index (χ0) is 14.8. The molecule has 2 heterocycles. The van der Waals surface area contributed by atoms with Crippen LogP contribution in [0, 0.1) is 0 Å². The Morgan fingerprint density at radius 2 is 2.10 bits per heavy atom. The lowest BCUT2D eigenvalue weighted by Gasteiger charge is -1.95. The van der Waals surface area contributed by atoms with E-state index in [1.54, 1.807) is 12.1 Å². The quantitative estimate of drug-likeness (QED) is 0.789. The van der Waals surface area contributed by atoms with Gasteiger partial charge in [0, 0.05) is 5.56 Å². The average molecular weight is 302 g/mol. The summed E-state index contributed by atoms with van der Waals surface area (Å²) in [5.41, 5.74) is 1.71. The summed E-state index contributed by atoms with van der Waals surface area (Å²) in [7, 11) is 0. The Hall–Kier alpha value is -2.61. The van der Waals surface area contributed by atoms with Crippen LogP contribution in [0.4, 0.5) is 0 Å². The minimum absolute atomic E-state index is 0.211. The summed E-state index contributed by atoms with van der Waals surface area (Å²) in [4.78, 5) is 15.9. The molecule has 0 saturated carbocycles. The van der Waals surface area contributed by atoms with Gasteiger partial charge in [0.1, 0.15) is 4.88 Å². The average Bonchev–Trinajstić information content (AvgIpc) is 3.15. The van der Waals surface area contributed by atoms with Gasteiger partial charge in [-0.2, -0.15) is 4.98 Å². The van der Waals surface area contributed by atoms with Gasteiger partial charge in [0.2, 0.25) is 5.82 Å². The summed E-state index contributed by atoms with van der Waals surface area (Å²) in [5.74, 6) is -0.199. The molecule has 0 saturated heterocycles. The van der Waals surface area contributed by atoms with Gasteiger partial charge in [0.15, 0.2) is 0 Å². The maximum Gasteiger partial charge on any atom is 0.335 e. The number of carboxylic acids is 1. The van der Waals surface area contributed by atoms with E-state index in [1.807, 2.05) is 6.92 Å². The van der Waals surface area contributed by atoms with Gasteiger partial charge in [0.25, 0.3) is 5.89 Å². The third kappa shape index (κ3) is 2.52. The second-order valence-corrected chi connectivity index (χ2v) is 4.96. The van der Waals surface area contributed by atoms with Crippen molar-refractivity contribution in [2.45, 2.75) is 13.3 Å². The van der Waals surface area contributed by atoms with Crippen LogP contribution in [0.5, 0.6) is 0 Å². The van der Waals surface area contributed by atoms with Crippen LogP contribution in [-0.4, -0.2) is 30.8 Å². The normalized spacial score (nSPS) is 10.7. The summed E-state index contributed by atoms with van der Waals surface area (Å²) in [6, 6.07) is 6.28. The van der Waals surface area contributed by atoms with E-state index in [4.69, 9.17) is 9.63 Å². The minimum Gasteiger partial charge on any atom is -0.478 e. The highest BCUT2D eigenvalue weighted by atomic mass is 32.1. The molecule has 0 aliphatic carbocycles. The first-order chi connectivity index (χ1) is 10.2. The van der Waals surface area contributed by atoms with Crippen LogP contribution in [0.1, 0.15) is 23.0 Å². The van der Waals surface area contributed by atoms with Gasteiger partial charge < -0.3 is 9.63 Å². The number of carbonyl (C=O) groups is 1. The Morgan fingerprint density at radius 1 is 1.33 bits per heavy atom. The Kier molecular flexibility index (Phi) is 3.44. The molecule has 0 unspecified atom stereocenters. The molecular weight excluding hydrogens is 292 g/mol. The van der Waals surface area contributed by atoms with Gasteiger partial charge in [-0.15, -0.1) is 5.10 Å². The van der Waals surface area contributed by atoms with Crippen molar-refractivity contribution in [2.24, 2.45) is 0 Å². The molecule has 0 aliphatic heterocycles. The third-order valence-corrected chi connectivity index (χ3v) is 3.66. The molecule has 7 nitrogen and oxygen atoms in total. The Balaban J connectivity index is 1.93. The first kappa shape index (κ1) is 13.4. The lowest BCUT2D eigenvalue weighted by Crippen LogP contribution is -1.95.